The van der Waals surface area contributed by atoms with Crippen LogP contribution in [0.4, 0.5) is 0 Å². The number of carbonyl (C=O) groups is 2. The van der Waals surface area contributed by atoms with E-state index in [0.29, 0.717) is 28.0 Å². The summed E-state index contributed by atoms with van der Waals surface area (Å²) in [5.74, 6) is -0.758. The Labute approximate surface area is 181 Å². The lowest BCUT2D eigenvalue weighted by Gasteiger charge is -2.13. The molecule has 0 saturated carbocycles. The summed E-state index contributed by atoms with van der Waals surface area (Å²) >= 11 is 3.36. The normalized spacial score (nSPS) is 10.9. The second-order valence-corrected chi connectivity index (χ2v) is 7.03. The molecule has 3 aromatic rings. The number of benzene rings is 3. The average Bonchev–Trinajstić information content (AvgIpc) is 2.72. The zero-order valence-electron chi connectivity index (χ0n) is 16.1. The predicted octanol–water partition coefficient (Wildman–Crippen LogP) is 4.23. The van der Waals surface area contributed by atoms with Gasteiger partial charge in [-0.25, -0.2) is 10.2 Å². The van der Waals surface area contributed by atoms with E-state index in [4.69, 9.17) is 14.6 Å². The third-order valence-electron chi connectivity index (χ3n) is 4.09. The molecule has 0 spiro atoms. The van der Waals surface area contributed by atoms with Crippen LogP contribution in [-0.2, 0) is 4.79 Å². The number of nitrogens with one attached hydrogen (secondary N) is 1. The highest BCUT2D eigenvalue weighted by Crippen LogP contribution is 2.36. The van der Waals surface area contributed by atoms with Gasteiger partial charge in [0.05, 0.1) is 17.3 Å². The van der Waals surface area contributed by atoms with Gasteiger partial charge in [-0.05, 0) is 57.4 Å². The Bertz CT molecular complexity index is 1110. The highest BCUT2D eigenvalue weighted by Gasteiger charge is 2.13. The van der Waals surface area contributed by atoms with E-state index < -0.39 is 12.6 Å². The van der Waals surface area contributed by atoms with Crippen molar-refractivity contribution in [2.75, 3.05) is 13.2 Å². The summed E-state index contributed by atoms with van der Waals surface area (Å²) in [7, 11) is 0. The minimum atomic E-state index is -1.09. The number of carboxylic acid groups (broad SMARTS) is 1. The van der Waals surface area contributed by atoms with Gasteiger partial charge in [-0.2, -0.15) is 5.10 Å². The van der Waals surface area contributed by atoms with Gasteiger partial charge in [0.2, 0.25) is 0 Å². The number of amides is 1. The standard InChI is InChI=1S/C22H19BrN2O5/c1-2-29-19-11-14(10-18(23)21(19)30-13-20(26)27)12-24-25-22(28)17-9-5-7-15-6-3-4-8-16(15)17/h3-12H,2,13H2,1H3,(H,25,28)(H,26,27). The zero-order chi connectivity index (χ0) is 21.5. The van der Waals surface area contributed by atoms with E-state index in [9.17, 15) is 9.59 Å². The van der Waals surface area contributed by atoms with Crippen molar-refractivity contribution in [3.63, 3.8) is 0 Å². The molecule has 2 N–H and O–H groups in total. The van der Waals surface area contributed by atoms with E-state index in [1.165, 1.54) is 6.21 Å². The number of carbonyl (C=O) groups excluding carboxylic acids is 1. The molecule has 0 heterocycles. The number of aliphatic carboxylic acids is 1. The average molecular weight is 471 g/mol. The molecule has 0 bridgehead atoms. The Morgan fingerprint density at radius 1 is 1.13 bits per heavy atom. The highest BCUT2D eigenvalue weighted by atomic mass is 79.9. The summed E-state index contributed by atoms with van der Waals surface area (Å²) in [5, 5.41) is 14.7. The Kier molecular flexibility index (Phi) is 7.03. The minimum absolute atomic E-state index is 0.288. The van der Waals surface area contributed by atoms with Crippen LogP contribution in [0.1, 0.15) is 22.8 Å². The maximum Gasteiger partial charge on any atom is 0.341 e. The predicted molar refractivity (Wildman–Crippen MR) is 117 cm³/mol. The van der Waals surface area contributed by atoms with Crippen LogP contribution in [0.5, 0.6) is 11.5 Å². The molecule has 7 nitrogen and oxygen atoms in total. The molecule has 0 fully saturated rings. The van der Waals surface area contributed by atoms with E-state index in [2.05, 4.69) is 26.5 Å². The molecule has 8 heteroatoms. The van der Waals surface area contributed by atoms with Crippen LogP contribution in [-0.4, -0.2) is 36.4 Å². The van der Waals surface area contributed by atoms with Gasteiger partial charge in [0.15, 0.2) is 18.1 Å². The molecule has 0 unspecified atom stereocenters. The van der Waals surface area contributed by atoms with E-state index in [1.807, 2.05) is 36.4 Å². The molecule has 1 amide bonds. The van der Waals surface area contributed by atoms with Crippen LogP contribution in [0.25, 0.3) is 10.8 Å². The van der Waals surface area contributed by atoms with Gasteiger partial charge in [0, 0.05) is 5.56 Å². The topological polar surface area (TPSA) is 97.2 Å². The van der Waals surface area contributed by atoms with E-state index in [0.717, 1.165) is 10.8 Å². The van der Waals surface area contributed by atoms with Crippen molar-refractivity contribution in [3.05, 3.63) is 70.2 Å². The third kappa shape index (κ3) is 5.15. The van der Waals surface area contributed by atoms with Gasteiger partial charge in [-0.1, -0.05) is 36.4 Å². The first kappa shape index (κ1) is 21.3. The fourth-order valence-corrected chi connectivity index (χ4v) is 3.42. The lowest BCUT2D eigenvalue weighted by Crippen LogP contribution is -2.18. The molecule has 3 rings (SSSR count). The quantitative estimate of drug-likeness (QED) is 0.379. The van der Waals surface area contributed by atoms with Crippen LogP contribution in [0, 0.1) is 0 Å². The molecule has 0 aliphatic heterocycles. The van der Waals surface area contributed by atoms with Gasteiger partial charge >= 0.3 is 5.97 Å². The summed E-state index contributed by atoms with van der Waals surface area (Å²) in [6.45, 7) is 1.68. The second kappa shape index (κ2) is 9.89. The summed E-state index contributed by atoms with van der Waals surface area (Å²) < 4.78 is 11.3. The monoisotopic (exact) mass is 470 g/mol. The Morgan fingerprint density at radius 3 is 2.67 bits per heavy atom. The number of rotatable bonds is 8. The molecule has 0 aliphatic rings. The first-order valence-electron chi connectivity index (χ1n) is 9.11. The van der Waals surface area contributed by atoms with Gasteiger partial charge in [-0.15, -0.1) is 0 Å². The Balaban J connectivity index is 1.78. The molecule has 0 radical (unpaired) electrons. The summed E-state index contributed by atoms with van der Waals surface area (Å²) in [4.78, 5) is 23.3. The van der Waals surface area contributed by atoms with Gasteiger partial charge in [0.1, 0.15) is 0 Å². The lowest BCUT2D eigenvalue weighted by atomic mass is 10.0. The fraction of sp³-hybridized carbons (Fsp3) is 0.136. The maximum atomic E-state index is 12.6. The van der Waals surface area contributed by atoms with Crippen molar-refractivity contribution in [1.29, 1.82) is 0 Å². The molecule has 0 aromatic heterocycles. The Hall–Kier alpha value is -3.39. The number of carboxylic acids is 1. The van der Waals surface area contributed by atoms with Crippen molar-refractivity contribution in [1.82, 2.24) is 5.43 Å². The van der Waals surface area contributed by atoms with Crippen molar-refractivity contribution in [2.45, 2.75) is 6.92 Å². The first-order chi connectivity index (χ1) is 14.5. The van der Waals surface area contributed by atoms with E-state index in [-0.39, 0.29) is 11.7 Å². The van der Waals surface area contributed by atoms with E-state index in [1.54, 1.807) is 25.1 Å². The second-order valence-electron chi connectivity index (χ2n) is 6.17. The zero-order valence-corrected chi connectivity index (χ0v) is 17.7. The number of hydrazone groups is 1. The molecule has 154 valence electrons. The third-order valence-corrected chi connectivity index (χ3v) is 4.67. The van der Waals surface area contributed by atoms with Crippen LogP contribution in [0.2, 0.25) is 0 Å². The highest BCUT2D eigenvalue weighted by molar-refractivity contribution is 9.10. The van der Waals surface area contributed by atoms with Crippen LogP contribution in [0.3, 0.4) is 0 Å². The van der Waals surface area contributed by atoms with Gasteiger partial charge < -0.3 is 14.6 Å². The number of halogens is 1. The molecule has 30 heavy (non-hydrogen) atoms. The van der Waals surface area contributed by atoms with E-state index >= 15 is 0 Å². The number of fused-ring (bicyclic) bond motifs is 1. The Morgan fingerprint density at radius 2 is 1.90 bits per heavy atom. The minimum Gasteiger partial charge on any atom is -0.490 e. The van der Waals surface area contributed by atoms with Crippen molar-refractivity contribution in [3.8, 4) is 11.5 Å². The van der Waals surface area contributed by atoms with Crippen LogP contribution < -0.4 is 14.9 Å². The molecule has 0 aliphatic carbocycles. The number of hydrogen-bond acceptors (Lipinski definition) is 5. The fourth-order valence-electron chi connectivity index (χ4n) is 2.85. The van der Waals surface area contributed by atoms with Crippen molar-refractivity contribution >= 4 is 44.8 Å². The first-order valence-corrected chi connectivity index (χ1v) is 9.91. The molecule has 0 atom stereocenters. The van der Waals surface area contributed by atoms with Crippen molar-refractivity contribution < 1.29 is 24.2 Å². The number of hydrogen-bond donors (Lipinski definition) is 2. The van der Waals surface area contributed by atoms with Crippen molar-refractivity contribution in [2.24, 2.45) is 5.10 Å². The molecular weight excluding hydrogens is 452 g/mol. The van der Waals surface area contributed by atoms with Crippen LogP contribution >= 0.6 is 15.9 Å². The SMILES string of the molecule is CCOc1cc(C=NNC(=O)c2cccc3ccccc23)cc(Br)c1OCC(=O)O. The van der Waals surface area contributed by atoms with Gasteiger partial charge in [-0.3, -0.25) is 4.79 Å². The lowest BCUT2D eigenvalue weighted by molar-refractivity contribution is -0.139. The summed E-state index contributed by atoms with van der Waals surface area (Å²) in [6.07, 6.45) is 1.47. The number of ether oxygens (including phenoxy) is 2. The maximum absolute atomic E-state index is 12.6. The van der Waals surface area contributed by atoms with Crippen LogP contribution in [0.15, 0.2) is 64.2 Å². The van der Waals surface area contributed by atoms with Gasteiger partial charge in [0.25, 0.3) is 5.91 Å². The molecule has 0 saturated heterocycles. The molecule has 3 aromatic carbocycles. The smallest absolute Gasteiger partial charge is 0.341 e. The number of nitrogens with zero attached hydrogens (tertiary/aromatic N) is 1. The molecular formula is C22H19BrN2O5. The summed E-state index contributed by atoms with van der Waals surface area (Å²) in [6, 6.07) is 16.5. The largest absolute Gasteiger partial charge is 0.490 e. The summed E-state index contributed by atoms with van der Waals surface area (Å²) in [5.41, 5.74) is 3.69.